The fourth-order valence-electron chi connectivity index (χ4n) is 7.14. The van der Waals surface area contributed by atoms with E-state index in [4.69, 9.17) is 34.4 Å². The number of aliphatic imine (C=N–C) groups is 2. The van der Waals surface area contributed by atoms with Crippen molar-refractivity contribution in [3.8, 4) is 0 Å². The van der Waals surface area contributed by atoms with Gasteiger partial charge in [0.05, 0.1) is 0 Å². The van der Waals surface area contributed by atoms with Gasteiger partial charge < -0.3 is 71.6 Å². The summed E-state index contributed by atoms with van der Waals surface area (Å²) in [6.45, 7) is 0.174. The Morgan fingerprint density at radius 3 is 1.70 bits per heavy atom. The quantitative estimate of drug-likeness (QED) is 0.0188. The summed E-state index contributed by atoms with van der Waals surface area (Å²) in [7, 11) is 2.58. The average molecular weight is 926 g/mol. The molecule has 2 saturated heterocycles. The first kappa shape index (κ1) is 51.8. The van der Waals surface area contributed by atoms with Gasteiger partial charge in [0, 0.05) is 37.4 Å². The molecule has 0 unspecified atom stereocenters. The molecule has 2 aliphatic heterocycles. The van der Waals surface area contributed by atoms with Crippen LogP contribution in [-0.2, 0) is 43.2 Å². The van der Waals surface area contributed by atoms with Crippen molar-refractivity contribution in [2.24, 2.45) is 50.3 Å². The molecule has 3 rings (SSSR count). The topological polar surface area (TPSA) is 419 Å². The lowest BCUT2D eigenvalue weighted by Crippen LogP contribution is -2.60. The van der Waals surface area contributed by atoms with Crippen LogP contribution >= 0.6 is 21.6 Å². The van der Waals surface area contributed by atoms with Crippen LogP contribution in [0.15, 0.2) is 9.98 Å². The molecule has 3 fully saturated rings. The predicted molar refractivity (Wildman–Crippen MR) is 236 cm³/mol. The summed E-state index contributed by atoms with van der Waals surface area (Å²) in [6.07, 6.45) is 4.73. The molecule has 3 aliphatic rings. The van der Waals surface area contributed by atoms with E-state index in [1.54, 1.807) is 0 Å². The van der Waals surface area contributed by atoms with E-state index < -0.39 is 89.6 Å². The molecule has 352 valence electrons. The number of guanidine groups is 2. The summed E-state index contributed by atoms with van der Waals surface area (Å²) in [5.41, 5.74) is 32.7. The Balaban J connectivity index is 1.86. The summed E-state index contributed by atoms with van der Waals surface area (Å²) >= 11 is 0. The van der Waals surface area contributed by atoms with Crippen molar-refractivity contribution in [2.45, 2.75) is 132 Å². The van der Waals surface area contributed by atoms with Crippen LogP contribution in [-0.4, -0.2) is 132 Å². The maximum absolute atomic E-state index is 14.1. The Hall–Kier alpha value is -5.53. The second-order valence-corrected chi connectivity index (χ2v) is 18.2. The minimum absolute atomic E-state index is 0.0250. The molecular weight excluding hydrogens is 863 g/mol. The van der Waals surface area contributed by atoms with E-state index in [0.29, 0.717) is 0 Å². The number of hydrogen-bond acceptors (Lipinski definition) is 13. The number of nitrogens with two attached hydrogens (primary N) is 6. The molecule has 1 aliphatic carbocycles. The fourth-order valence-corrected chi connectivity index (χ4v) is 9.48. The number of hydrogen-bond donors (Lipinski definition) is 13. The maximum Gasteiger partial charge on any atom is 0.244 e. The third-order valence-electron chi connectivity index (χ3n) is 10.6. The van der Waals surface area contributed by atoms with Gasteiger partial charge in [0.15, 0.2) is 11.9 Å². The van der Waals surface area contributed by atoms with E-state index in [2.05, 4.69) is 47.2 Å². The molecule has 0 aromatic rings. The lowest BCUT2D eigenvalue weighted by atomic mass is 9.84. The molecule has 1 saturated carbocycles. The Bertz CT molecular complexity index is 1710. The van der Waals surface area contributed by atoms with E-state index in [1.807, 2.05) is 0 Å². The van der Waals surface area contributed by atoms with Gasteiger partial charge in [-0.15, -0.1) is 0 Å². The monoisotopic (exact) mass is 925 g/mol. The number of nitrogens with one attached hydrogen (secondary N) is 7. The molecule has 0 aromatic heterocycles. The van der Waals surface area contributed by atoms with Gasteiger partial charge >= 0.3 is 0 Å². The molecule has 19 N–H and O–H groups in total. The van der Waals surface area contributed by atoms with Crippen molar-refractivity contribution in [1.82, 2.24) is 37.2 Å². The fraction of sp³-hybridized carbons (Fsp3) is 0.703. The molecule has 0 spiro atoms. The zero-order chi connectivity index (χ0) is 46.5. The smallest absolute Gasteiger partial charge is 0.244 e. The van der Waals surface area contributed by atoms with Crippen LogP contribution in [0.1, 0.15) is 89.9 Å². The summed E-state index contributed by atoms with van der Waals surface area (Å²) in [4.78, 5) is 126. The van der Waals surface area contributed by atoms with Crippen LogP contribution in [0.2, 0.25) is 0 Å². The minimum atomic E-state index is -1.45. The van der Waals surface area contributed by atoms with Crippen LogP contribution in [0.5, 0.6) is 0 Å². The molecule has 2 heterocycles. The largest absolute Gasteiger partial charge is 0.370 e. The van der Waals surface area contributed by atoms with Crippen LogP contribution in [0.4, 0.5) is 0 Å². The van der Waals surface area contributed by atoms with Gasteiger partial charge in [-0.1, -0.05) is 53.7 Å². The molecule has 7 atom stereocenters. The van der Waals surface area contributed by atoms with Gasteiger partial charge in [-0.3, -0.25) is 53.1 Å². The molecule has 0 aromatic carbocycles. The summed E-state index contributed by atoms with van der Waals surface area (Å²) < 4.78 is 0. The summed E-state index contributed by atoms with van der Waals surface area (Å²) in [5, 5.41) is 18.4. The van der Waals surface area contributed by atoms with Crippen LogP contribution in [0.3, 0.4) is 0 Å². The van der Waals surface area contributed by atoms with E-state index >= 15 is 0 Å². The third-order valence-corrected chi connectivity index (χ3v) is 13.0. The van der Waals surface area contributed by atoms with E-state index in [-0.39, 0.29) is 106 Å². The zero-order valence-electron chi connectivity index (χ0n) is 35.2. The average Bonchev–Trinajstić information content (AvgIpc) is 3.67. The highest BCUT2D eigenvalue weighted by atomic mass is 33.1. The van der Waals surface area contributed by atoms with E-state index in [1.165, 1.54) is 21.6 Å². The van der Waals surface area contributed by atoms with E-state index in [0.717, 1.165) is 32.1 Å². The van der Waals surface area contributed by atoms with Gasteiger partial charge in [-0.25, -0.2) is 0 Å². The predicted octanol–water partition coefficient (Wildman–Crippen LogP) is -4.60. The number of carbonyl (C=O) groups is 9. The lowest BCUT2D eigenvalue weighted by Gasteiger charge is -2.30. The Morgan fingerprint density at radius 1 is 0.635 bits per heavy atom. The first-order valence-corrected chi connectivity index (χ1v) is 23.5. The van der Waals surface area contributed by atoms with Crippen molar-refractivity contribution in [3.63, 3.8) is 0 Å². The molecule has 24 nitrogen and oxygen atoms in total. The second kappa shape index (κ2) is 26.8. The summed E-state index contributed by atoms with van der Waals surface area (Å²) in [5.74, 6) is -6.16. The Kier molecular flexibility index (Phi) is 22.1. The highest BCUT2D eigenvalue weighted by Gasteiger charge is 2.36. The standard InChI is InChI=1S/C37H63N15O9S2/c38-27(53)12-10-23(33(59)50-24(16-19-6-2-1-3-7-19)34(60)52-26-18-63-62-17-25(29(39)55)51-35(26)61)49-31(57)21(9-5-15-45-37(42)43)47-30(56)20(8-4-14-44-36(40)41)48-32(58)22-11-13-28(54)46-22/h19-26H,1-18H2,(H2,38,53)(H2,39,55)(H,46,54)(H,47,56)(H,48,58)(H,49,57)(H,50,59)(H,51,61)(H,52,60)(H4,40,41,44)(H4,42,43,45)/t20-,21+,22+,23+,24+,25+,26+/m1/s1. The van der Waals surface area contributed by atoms with Crippen molar-refractivity contribution >= 4 is 86.7 Å². The number of primary amides is 2. The van der Waals surface area contributed by atoms with Crippen LogP contribution < -0.4 is 71.6 Å². The lowest BCUT2D eigenvalue weighted by molar-refractivity contribution is -0.136. The minimum Gasteiger partial charge on any atom is -0.370 e. The van der Waals surface area contributed by atoms with E-state index in [9.17, 15) is 43.2 Å². The van der Waals surface area contributed by atoms with Gasteiger partial charge in [-0.05, 0) is 50.9 Å². The van der Waals surface area contributed by atoms with Crippen molar-refractivity contribution in [3.05, 3.63) is 0 Å². The molecule has 26 heteroatoms. The first-order valence-electron chi connectivity index (χ1n) is 21.0. The molecule has 0 bridgehead atoms. The third kappa shape index (κ3) is 19.2. The van der Waals surface area contributed by atoms with Crippen LogP contribution in [0, 0.1) is 5.92 Å². The second-order valence-electron chi connectivity index (χ2n) is 15.6. The number of amides is 9. The molecule has 9 amide bonds. The number of carbonyl (C=O) groups excluding carboxylic acids is 9. The van der Waals surface area contributed by atoms with Crippen molar-refractivity contribution in [2.75, 3.05) is 24.6 Å². The zero-order valence-corrected chi connectivity index (χ0v) is 36.8. The molecule has 0 radical (unpaired) electrons. The van der Waals surface area contributed by atoms with Gasteiger partial charge in [0.1, 0.15) is 42.3 Å². The highest BCUT2D eigenvalue weighted by Crippen LogP contribution is 2.28. The number of nitrogens with zero attached hydrogens (tertiary/aromatic N) is 2. The van der Waals surface area contributed by atoms with Crippen molar-refractivity contribution < 1.29 is 43.2 Å². The summed E-state index contributed by atoms with van der Waals surface area (Å²) in [6, 6.07) is -8.10. The van der Waals surface area contributed by atoms with Crippen molar-refractivity contribution in [1.29, 1.82) is 0 Å². The first-order chi connectivity index (χ1) is 29.9. The molecule has 63 heavy (non-hydrogen) atoms. The maximum atomic E-state index is 14.1. The Labute approximate surface area is 373 Å². The van der Waals surface area contributed by atoms with Crippen LogP contribution in [0.25, 0.3) is 0 Å². The molecular formula is C37H63N15O9S2. The number of rotatable bonds is 24. The normalized spacial score (nSPS) is 20.9. The van der Waals surface area contributed by atoms with Gasteiger partial charge in [-0.2, -0.15) is 0 Å². The SMILES string of the molecule is NC(=O)CC[C@H](NC(=O)[C@H](CCCN=C(N)N)NC(=O)[C@@H](CCCN=C(N)N)NC(=O)[C@@H]1CCC(=O)N1)C(=O)N[C@@H](CC1CCCCC1)C(=O)N[C@H]1CSSC[C@@H](C(N)=O)NC1=O. The Morgan fingerprint density at radius 2 is 1.17 bits per heavy atom. The van der Waals surface area contributed by atoms with Gasteiger partial charge in [0.25, 0.3) is 0 Å². The van der Waals surface area contributed by atoms with Gasteiger partial charge in [0.2, 0.25) is 53.2 Å². The highest BCUT2D eigenvalue weighted by molar-refractivity contribution is 8.76.